The lowest BCUT2D eigenvalue weighted by molar-refractivity contribution is 0.111. The molecular weight excluding hydrogens is 212 g/mol. The van der Waals surface area contributed by atoms with Crippen molar-refractivity contribution in [1.82, 2.24) is 9.78 Å². The topological polar surface area (TPSA) is 34.9 Å². The lowest BCUT2D eigenvalue weighted by atomic mass is 9.83. The number of aromatic nitrogens is 2. The zero-order valence-corrected chi connectivity index (χ0v) is 9.54. The van der Waals surface area contributed by atoms with Gasteiger partial charge in [-0.1, -0.05) is 24.6 Å². The van der Waals surface area contributed by atoms with Crippen LogP contribution >= 0.6 is 0 Å². The zero-order valence-electron chi connectivity index (χ0n) is 9.54. The van der Waals surface area contributed by atoms with Crippen LogP contribution in [0, 0.1) is 0 Å². The van der Waals surface area contributed by atoms with Gasteiger partial charge in [-0.15, -0.1) is 0 Å². The molecule has 0 amide bonds. The Morgan fingerprint density at radius 2 is 2.00 bits per heavy atom. The molecule has 3 nitrogen and oxygen atoms in total. The molecule has 1 aliphatic carbocycles. The maximum absolute atomic E-state index is 10.9. The Morgan fingerprint density at radius 1 is 1.24 bits per heavy atom. The molecule has 1 aromatic carbocycles. The number of carbonyl (C=O) groups excluding carboxylic acids is 1. The second-order valence-corrected chi connectivity index (χ2v) is 4.49. The van der Waals surface area contributed by atoms with Crippen LogP contribution in [0.15, 0.2) is 36.4 Å². The van der Waals surface area contributed by atoms with Crippen molar-refractivity contribution >= 4 is 6.29 Å². The molecule has 2 aromatic rings. The smallest absolute Gasteiger partial charge is 0.170 e. The van der Waals surface area contributed by atoms with Crippen LogP contribution < -0.4 is 0 Å². The molecule has 3 heteroatoms. The molecule has 0 atom stereocenters. The molecule has 0 N–H and O–H groups in total. The maximum atomic E-state index is 10.9. The summed E-state index contributed by atoms with van der Waals surface area (Å²) in [5.74, 6) is 0.566. The van der Waals surface area contributed by atoms with E-state index in [9.17, 15) is 4.79 Å². The van der Waals surface area contributed by atoms with Gasteiger partial charge in [-0.3, -0.25) is 4.79 Å². The van der Waals surface area contributed by atoms with Gasteiger partial charge < -0.3 is 0 Å². The normalized spacial score (nSPS) is 15.5. The van der Waals surface area contributed by atoms with Gasteiger partial charge in [0, 0.05) is 11.6 Å². The zero-order chi connectivity index (χ0) is 11.7. The van der Waals surface area contributed by atoms with Gasteiger partial charge in [0.1, 0.15) is 5.69 Å². The Bertz CT molecular complexity index is 526. The summed E-state index contributed by atoms with van der Waals surface area (Å²) in [5, 5.41) is 4.35. The summed E-state index contributed by atoms with van der Waals surface area (Å²) in [6.07, 6.45) is 4.51. The molecule has 0 bridgehead atoms. The van der Waals surface area contributed by atoms with Crippen LogP contribution in [0.25, 0.3) is 5.69 Å². The monoisotopic (exact) mass is 226 g/mol. The molecule has 0 aliphatic heterocycles. The van der Waals surface area contributed by atoms with Crippen LogP contribution in [0.5, 0.6) is 0 Å². The summed E-state index contributed by atoms with van der Waals surface area (Å²) in [5.41, 5.74) is 2.72. The highest BCUT2D eigenvalue weighted by Gasteiger charge is 2.24. The molecule has 1 aliphatic rings. The van der Waals surface area contributed by atoms with E-state index in [4.69, 9.17) is 0 Å². The fraction of sp³-hybridized carbons (Fsp3) is 0.286. The minimum Gasteiger partial charge on any atom is -0.296 e. The molecule has 1 heterocycles. The molecular formula is C14H14N2O. The van der Waals surface area contributed by atoms with Gasteiger partial charge in [0.2, 0.25) is 0 Å². The first-order valence-electron chi connectivity index (χ1n) is 5.99. The second kappa shape index (κ2) is 4.17. The van der Waals surface area contributed by atoms with Crippen LogP contribution in [-0.2, 0) is 0 Å². The molecule has 86 valence electrons. The molecule has 0 radical (unpaired) electrons. The quantitative estimate of drug-likeness (QED) is 0.754. The first-order chi connectivity index (χ1) is 8.38. The van der Waals surface area contributed by atoms with Crippen molar-refractivity contribution in [2.75, 3.05) is 0 Å². The van der Waals surface area contributed by atoms with Crippen LogP contribution in [0.3, 0.4) is 0 Å². The van der Waals surface area contributed by atoms with E-state index >= 15 is 0 Å². The molecule has 1 aromatic heterocycles. The number of aldehydes is 1. The third-order valence-corrected chi connectivity index (χ3v) is 3.40. The SMILES string of the molecule is O=Cc1cc(C2CCC2)n(-c2ccccc2)n1. The van der Waals surface area contributed by atoms with Crippen LogP contribution in [0.2, 0.25) is 0 Å². The first kappa shape index (κ1) is 10.3. The maximum Gasteiger partial charge on any atom is 0.170 e. The van der Waals surface area contributed by atoms with Gasteiger partial charge in [0.15, 0.2) is 6.29 Å². The minimum atomic E-state index is 0.524. The fourth-order valence-corrected chi connectivity index (χ4v) is 2.24. The molecule has 17 heavy (non-hydrogen) atoms. The standard InChI is InChI=1S/C14H14N2O/c17-10-12-9-14(11-5-4-6-11)16(15-12)13-7-2-1-3-8-13/h1-3,7-11H,4-6H2. The Labute approximate surface area is 100 Å². The Hall–Kier alpha value is -1.90. The summed E-state index contributed by atoms with van der Waals surface area (Å²) < 4.78 is 1.91. The lowest BCUT2D eigenvalue weighted by Crippen LogP contribution is -2.14. The highest BCUT2D eigenvalue weighted by atomic mass is 16.1. The highest BCUT2D eigenvalue weighted by molar-refractivity contribution is 5.72. The average Bonchev–Trinajstić information content (AvgIpc) is 2.72. The Balaban J connectivity index is 2.07. The summed E-state index contributed by atoms with van der Waals surface area (Å²) in [6, 6.07) is 11.9. The number of hydrogen-bond donors (Lipinski definition) is 0. The summed E-state index contributed by atoms with van der Waals surface area (Å²) >= 11 is 0. The van der Waals surface area contributed by atoms with E-state index < -0.39 is 0 Å². The molecule has 0 saturated heterocycles. The van der Waals surface area contributed by atoms with Crippen LogP contribution in [-0.4, -0.2) is 16.1 Å². The van der Waals surface area contributed by atoms with Crippen molar-refractivity contribution in [3.05, 3.63) is 47.8 Å². The van der Waals surface area contributed by atoms with Crippen molar-refractivity contribution < 1.29 is 4.79 Å². The number of hydrogen-bond acceptors (Lipinski definition) is 2. The van der Waals surface area contributed by atoms with Crippen LogP contribution in [0.4, 0.5) is 0 Å². The van der Waals surface area contributed by atoms with E-state index in [1.165, 1.54) is 25.0 Å². The molecule has 3 rings (SSSR count). The van der Waals surface area contributed by atoms with Gasteiger partial charge in [-0.25, -0.2) is 4.68 Å². The average molecular weight is 226 g/mol. The van der Waals surface area contributed by atoms with E-state index in [1.807, 2.05) is 41.1 Å². The van der Waals surface area contributed by atoms with Gasteiger partial charge in [-0.2, -0.15) is 5.10 Å². The Morgan fingerprint density at radius 3 is 2.59 bits per heavy atom. The molecule has 0 unspecified atom stereocenters. The molecule has 1 fully saturated rings. The third-order valence-electron chi connectivity index (χ3n) is 3.40. The summed E-state index contributed by atoms with van der Waals surface area (Å²) in [6.45, 7) is 0. The van der Waals surface area contributed by atoms with Gasteiger partial charge in [0.25, 0.3) is 0 Å². The van der Waals surface area contributed by atoms with Gasteiger partial charge in [0.05, 0.1) is 5.69 Å². The first-order valence-corrected chi connectivity index (χ1v) is 5.99. The number of rotatable bonds is 3. The van der Waals surface area contributed by atoms with Gasteiger partial charge >= 0.3 is 0 Å². The molecule has 0 spiro atoms. The number of para-hydroxylation sites is 1. The van der Waals surface area contributed by atoms with Crippen molar-refractivity contribution in [2.24, 2.45) is 0 Å². The van der Waals surface area contributed by atoms with E-state index in [-0.39, 0.29) is 0 Å². The fourth-order valence-electron chi connectivity index (χ4n) is 2.24. The van der Waals surface area contributed by atoms with Gasteiger partial charge in [-0.05, 0) is 31.0 Å². The number of benzene rings is 1. The van der Waals surface area contributed by atoms with Crippen molar-refractivity contribution in [2.45, 2.75) is 25.2 Å². The highest BCUT2D eigenvalue weighted by Crippen LogP contribution is 2.37. The third kappa shape index (κ3) is 1.78. The summed E-state index contributed by atoms with van der Waals surface area (Å²) in [4.78, 5) is 10.9. The minimum absolute atomic E-state index is 0.524. The summed E-state index contributed by atoms with van der Waals surface area (Å²) in [7, 11) is 0. The van der Waals surface area contributed by atoms with Crippen molar-refractivity contribution in [1.29, 1.82) is 0 Å². The largest absolute Gasteiger partial charge is 0.296 e. The predicted molar refractivity (Wildman–Crippen MR) is 65.5 cm³/mol. The Kier molecular flexibility index (Phi) is 2.52. The lowest BCUT2D eigenvalue weighted by Gasteiger charge is -2.25. The molecule has 1 saturated carbocycles. The van der Waals surface area contributed by atoms with E-state index in [0.717, 1.165) is 12.0 Å². The van der Waals surface area contributed by atoms with E-state index in [1.54, 1.807) is 0 Å². The second-order valence-electron chi connectivity index (χ2n) is 4.49. The van der Waals surface area contributed by atoms with Crippen LogP contribution in [0.1, 0.15) is 41.4 Å². The van der Waals surface area contributed by atoms with Crippen molar-refractivity contribution in [3.63, 3.8) is 0 Å². The number of carbonyl (C=O) groups is 1. The van der Waals surface area contributed by atoms with Crippen molar-refractivity contribution in [3.8, 4) is 5.69 Å². The predicted octanol–water partition coefficient (Wildman–Crippen LogP) is 2.95. The van der Waals surface area contributed by atoms with E-state index in [0.29, 0.717) is 11.6 Å². The van der Waals surface area contributed by atoms with E-state index in [2.05, 4.69) is 5.10 Å². The number of nitrogens with zero attached hydrogens (tertiary/aromatic N) is 2.